The van der Waals surface area contributed by atoms with Gasteiger partial charge in [0.25, 0.3) is 0 Å². The zero-order valence-corrected chi connectivity index (χ0v) is 16.1. The number of nitrogens with zero attached hydrogens (tertiary/aromatic N) is 1. The van der Waals surface area contributed by atoms with Gasteiger partial charge in [0.1, 0.15) is 0 Å². The lowest BCUT2D eigenvalue weighted by Crippen LogP contribution is -2.09. The Morgan fingerprint density at radius 2 is 0.897 bits per heavy atom. The third-order valence-electron chi connectivity index (χ3n) is 5.22. The fraction of sp³-hybridized carbons (Fsp3) is 0. The molecule has 1 nitrogen and oxygen atoms in total. The van der Waals surface area contributed by atoms with Gasteiger partial charge in [-0.2, -0.15) is 0 Å². The van der Waals surface area contributed by atoms with Crippen LogP contribution in [0.2, 0.25) is 0 Å². The summed E-state index contributed by atoms with van der Waals surface area (Å²) in [5.74, 6) is 0. The highest BCUT2D eigenvalue weighted by atomic mass is 15.1. The van der Waals surface area contributed by atoms with E-state index in [0.29, 0.717) is 0 Å². The summed E-state index contributed by atoms with van der Waals surface area (Å²) in [6, 6.07) is 45.0. The van der Waals surface area contributed by atoms with Crippen LogP contribution in [0.3, 0.4) is 0 Å². The van der Waals surface area contributed by atoms with Crippen molar-refractivity contribution in [1.82, 2.24) is 0 Å². The SMILES string of the molecule is c1ccc(N(c2ccccc2)c2cccc(-c3ccc4ccccc4c3)c2)cc1. The Kier molecular flexibility index (Phi) is 4.56. The van der Waals surface area contributed by atoms with Crippen LogP contribution in [0, 0.1) is 0 Å². The van der Waals surface area contributed by atoms with Crippen LogP contribution >= 0.6 is 0 Å². The van der Waals surface area contributed by atoms with Crippen LogP contribution in [-0.2, 0) is 0 Å². The van der Waals surface area contributed by atoms with Gasteiger partial charge in [-0.05, 0) is 64.4 Å². The molecule has 0 fully saturated rings. The second-order valence-electron chi connectivity index (χ2n) is 7.12. The third kappa shape index (κ3) is 3.51. The molecule has 0 bridgehead atoms. The van der Waals surface area contributed by atoms with Crippen molar-refractivity contribution >= 4 is 27.8 Å². The van der Waals surface area contributed by atoms with E-state index in [2.05, 4.69) is 132 Å². The van der Waals surface area contributed by atoms with Crippen molar-refractivity contribution in [3.63, 3.8) is 0 Å². The van der Waals surface area contributed by atoms with E-state index in [4.69, 9.17) is 0 Å². The second-order valence-corrected chi connectivity index (χ2v) is 7.12. The molecule has 1 heteroatoms. The molecule has 0 aliphatic heterocycles. The van der Waals surface area contributed by atoms with Gasteiger partial charge in [-0.3, -0.25) is 0 Å². The number of hydrogen-bond acceptors (Lipinski definition) is 1. The molecule has 5 rings (SSSR count). The number of anilines is 3. The lowest BCUT2D eigenvalue weighted by molar-refractivity contribution is 1.28. The molecule has 138 valence electrons. The molecule has 0 radical (unpaired) electrons. The van der Waals surface area contributed by atoms with Gasteiger partial charge in [0.15, 0.2) is 0 Å². The van der Waals surface area contributed by atoms with Crippen molar-refractivity contribution in [3.05, 3.63) is 127 Å². The van der Waals surface area contributed by atoms with Gasteiger partial charge < -0.3 is 4.90 Å². The Balaban J connectivity index is 1.62. The predicted molar refractivity (Wildman–Crippen MR) is 124 cm³/mol. The van der Waals surface area contributed by atoms with Crippen molar-refractivity contribution < 1.29 is 0 Å². The molecule has 29 heavy (non-hydrogen) atoms. The molecular weight excluding hydrogens is 350 g/mol. The molecule has 0 aliphatic carbocycles. The Hall–Kier alpha value is -3.84. The molecule has 0 heterocycles. The number of para-hydroxylation sites is 2. The van der Waals surface area contributed by atoms with Crippen LogP contribution < -0.4 is 4.90 Å². The van der Waals surface area contributed by atoms with Gasteiger partial charge in [-0.15, -0.1) is 0 Å². The predicted octanol–water partition coefficient (Wildman–Crippen LogP) is 7.98. The normalized spacial score (nSPS) is 10.8. The molecule has 5 aromatic carbocycles. The third-order valence-corrected chi connectivity index (χ3v) is 5.22. The molecule has 0 aromatic heterocycles. The number of rotatable bonds is 4. The minimum Gasteiger partial charge on any atom is -0.310 e. The van der Waals surface area contributed by atoms with E-state index in [1.54, 1.807) is 0 Å². The second kappa shape index (κ2) is 7.65. The zero-order valence-electron chi connectivity index (χ0n) is 16.1. The van der Waals surface area contributed by atoms with E-state index in [9.17, 15) is 0 Å². The summed E-state index contributed by atoms with van der Waals surface area (Å²) in [5, 5.41) is 2.53. The van der Waals surface area contributed by atoms with E-state index in [-0.39, 0.29) is 0 Å². The van der Waals surface area contributed by atoms with Crippen molar-refractivity contribution in [1.29, 1.82) is 0 Å². The molecule has 5 aromatic rings. The minimum atomic E-state index is 1.15. The van der Waals surface area contributed by atoms with Gasteiger partial charge >= 0.3 is 0 Å². The standard InChI is InChI=1S/C28H21N/c1-3-13-26(14-4-1)29(27-15-5-2-6-16-27)28-17-9-12-24(21-28)25-19-18-22-10-7-8-11-23(22)20-25/h1-21H. The van der Waals surface area contributed by atoms with E-state index < -0.39 is 0 Å². The lowest BCUT2D eigenvalue weighted by atomic mass is 10.0. The van der Waals surface area contributed by atoms with Gasteiger partial charge in [0.05, 0.1) is 0 Å². The Bertz CT molecular complexity index is 1200. The average Bonchev–Trinajstić information content (AvgIpc) is 2.81. The minimum absolute atomic E-state index is 1.15. The van der Waals surface area contributed by atoms with E-state index in [1.165, 1.54) is 21.9 Å². The van der Waals surface area contributed by atoms with Crippen LogP contribution in [0.1, 0.15) is 0 Å². The average molecular weight is 371 g/mol. The number of fused-ring (bicyclic) bond motifs is 1. The highest BCUT2D eigenvalue weighted by Crippen LogP contribution is 2.36. The maximum absolute atomic E-state index is 2.30. The molecule has 0 amide bonds. The summed E-state index contributed by atoms with van der Waals surface area (Å²) in [5.41, 5.74) is 5.88. The highest BCUT2D eigenvalue weighted by Gasteiger charge is 2.12. The van der Waals surface area contributed by atoms with Gasteiger partial charge in [-0.25, -0.2) is 0 Å². The summed E-state index contributed by atoms with van der Waals surface area (Å²) < 4.78 is 0. The summed E-state index contributed by atoms with van der Waals surface area (Å²) >= 11 is 0. The number of hydrogen-bond donors (Lipinski definition) is 0. The first-order valence-corrected chi connectivity index (χ1v) is 9.88. The topological polar surface area (TPSA) is 3.24 Å². The largest absolute Gasteiger partial charge is 0.310 e. The smallest absolute Gasteiger partial charge is 0.0467 e. The van der Waals surface area contributed by atoms with Gasteiger partial charge in [0, 0.05) is 17.1 Å². The molecule has 0 atom stereocenters. The van der Waals surface area contributed by atoms with Crippen molar-refractivity contribution in [2.45, 2.75) is 0 Å². The first kappa shape index (κ1) is 17.3. The first-order chi connectivity index (χ1) is 14.4. The molecule has 0 saturated heterocycles. The van der Waals surface area contributed by atoms with Crippen LogP contribution in [0.5, 0.6) is 0 Å². The molecular formula is C28H21N. The summed E-state index contributed by atoms with van der Waals surface area (Å²) in [6.07, 6.45) is 0. The first-order valence-electron chi connectivity index (χ1n) is 9.88. The van der Waals surface area contributed by atoms with Gasteiger partial charge in [0.2, 0.25) is 0 Å². The summed E-state index contributed by atoms with van der Waals surface area (Å²) in [7, 11) is 0. The van der Waals surface area contributed by atoms with E-state index >= 15 is 0 Å². The quantitative estimate of drug-likeness (QED) is 0.309. The van der Waals surface area contributed by atoms with Crippen molar-refractivity contribution in [3.8, 4) is 11.1 Å². The van der Waals surface area contributed by atoms with Crippen LogP contribution in [-0.4, -0.2) is 0 Å². The lowest BCUT2D eigenvalue weighted by Gasteiger charge is -2.26. The van der Waals surface area contributed by atoms with Crippen LogP contribution in [0.25, 0.3) is 21.9 Å². The molecule has 0 aliphatic rings. The van der Waals surface area contributed by atoms with E-state index in [0.717, 1.165) is 17.1 Å². The van der Waals surface area contributed by atoms with E-state index in [1.807, 2.05) is 0 Å². The van der Waals surface area contributed by atoms with Gasteiger partial charge in [-0.1, -0.05) is 84.9 Å². The molecule has 0 unspecified atom stereocenters. The molecule has 0 spiro atoms. The summed E-state index contributed by atoms with van der Waals surface area (Å²) in [6.45, 7) is 0. The molecule has 0 saturated carbocycles. The Morgan fingerprint density at radius 3 is 1.59 bits per heavy atom. The Labute approximate surface area is 171 Å². The highest BCUT2D eigenvalue weighted by molar-refractivity contribution is 5.88. The molecule has 0 N–H and O–H groups in total. The fourth-order valence-corrected chi connectivity index (χ4v) is 3.79. The summed E-state index contributed by atoms with van der Waals surface area (Å²) in [4.78, 5) is 2.30. The maximum Gasteiger partial charge on any atom is 0.0467 e. The van der Waals surface area contributed by atoms with Crippen molar-refractivity contribution in [2.24, 2.45) is 0 Å². The monoisotopic (exact) mass is 371 g/mol. The zero-order chi connectivity index (χ0) is 19.5. The van der Waals surface area contributed by atoms with Crippen LogP contribution in [0.15, 0.2) is 127 Å². The van der Waals surface area contributed by atoms with Crippen LogP contribution in [0.4, 0.5) is 17.1 Å². The number of benzene rings is 5. The fourth-order valence-electron chi connectivity index (χ4n) is 3.79. The maximum atomic E-state index is 2.30. The van der Waals surface area contributed by atoms with Crippen molar-refractivity contribution in [2.75, 3.05) is 4.90 Å². The Morgan fingerprint density at radius 1 is 0.345 bits per heavy atom.